The average Bonchev–Trinajstić information content (AvgIpc) is 2.50. The molecule has 1 N–H and O–H groups in total. The van der Waals surface area contributed by atoms with Crippen LogP contribution >= 0.6 is 11.6 Å². The maximum Gasteiger partial charge on any atom is 0.181 e. The molecule has 72 valence electrons. The van der Waals surface area contributed by atoms with Gasteiger partial charge in [-0.25, -0.2) is 4.98 Å². The first-order valence-electron chi connectivity index (χ1n) is 4.32. The van der Waals surface area contributed by atoms with Crippen LogP contribution in [0.3, 0.4) is 0 Å². The zero-order valence-electron chi connectivity index (χ0n) is 8.00. The molecule has 14 heavy (non-hydrogen) atoms. The molecule has 2 aromatic rings. The fourth-order valence-corrected chi connectivity index (χ4v) is 1.63. The van der Waals surface area contributed by atoms with E-state index < -0.39 is 0 Å². The summed E-state index contributed by atoms with van der Waals surface area (Å²) < 4.78 is 0. The lowest BCUT2D eigenvalue weighted by atomic mass is 10.1. The highest BCUT2D eigenvalue weighted by molar-refractivity contribution is 6.30. The first kappa shape index (κ1) is 9.21. The normalized spacial score (nSPS) is 10.5. The largest absolute Gasteiger partial charge is 0.263 e. The van der Waals surface area contributed by atoms with E-state index in [0.717, 1.165) is 17.0 Å². The second-order valence-corrected chi connectivity index (χ2v) is 3.70. The van der Waals surface area contributed by atoms with Crippen LogP contribution in [0.25, 0.3) is 11.4 Å². The van der Waals surface area contributed by atoms with Crippen molar-refractivity contribution in [3.63, 3.8) is 0 Å². The van der Waals surface area contributed by atoms with E-state index in [0.29, 0.717) is 10.8 Å². The van der Waals surface area contributed by atoms with Crippen molar-refractivity contribution in [2.45, 2.75) is 13.8 Å². The van der Waals surface area contributed by atoms with Crippen molar-refractivity contribution < 1.29 is 0 Å². The van der Waals surface area contributed by atoms with E-state index in [1.807, 2.05) is 32.0 Å². The van der Waals surface area contributed by atoms with Crippen molar-refractivity contribution in [1.29, 1.82) is 0 Å². The zero-order chi connectivity index (χ0) is 10.1. The summed E-state index contributed by atoms with van der Waals surface area (Å²) in [7, 11) is 0. The summed E-state index contributed by atoms with van der Waals surface area (Å²) in [5, 5.41) is 7.59. The lowest BCUT2D eigenvalue weighted by Gasteiger charge is -1.98. The Kier molecular flexibility index (Phi) is 2.25. The van der Waals surface area contributed by atoms with Gasteiger partial charge in [0.05, 0.1) is 0 Å². The van der Waals surface area contributed by atoms with Crippen LogP contribution in [0, 0.1) is 13.8 Å². The van der Waals surface area contributed by atoms with Crippen molar-refractivity contribution in [3.8, 4) is 11.4 Å². The summed E-state index contributed by atoms with van der Waals surface area (Å²) in [6.45, 7) is 3.86. The van der Waals surface area contributed by atoms with E-state index in [1.54, 1.807) is 0 Å². The Morgan fingerprint density at radius 3 is 2.57 bits per heavy atom. The molecule has 0 bridgehead atoms. The van der Waals surface area contributed by atoms with Gasteiger partial charge < -0.3 is 0 Å². The van der Waals surface area contributed by atoms with E-state index in [2.05, 4.69) is 15.2 Å². The molecule has 2 rings (SSSR count). The molecule has 4 heteroatoms. The maximum atomic E-state index is 5.94. The summed E-state index contributed by atoms with van der Waals surface area (Å²) in [5.74, 6) is 1.49. The van der Waals surface area contributed by atoms with E-state index in [-0.39, 0.29) is 0 Å². The summed E-state index contributed by atoms with van der Waals surface area (Å²) in [6, 6.07) is 5.77. The summed E-state index contributed by atoms with van der Waals surface area (Å²) in [4.78, 5) is 4.24. The predicted molar refractivity (Wildman–Crippen MR) is 56.3 cm³/mol. The molecule has 0 unspecified atom stereocenters. The number of rotatable bonds is 1. The number of hydrogen-bond acceptors (Lipinski definition) is 2. The maximum absolute atomic E-state index is 5.94. The van der Waals surface area contributed by atoms with Gasteiger partial charge in [0.2, 0.25) is 0 Å². The molecular formula is C10H10ClN3. The lowest BCUT2D eigenvalue weighted by molar-refractivity contribution is 1.04. The number of nitrogens with one attached hydrogen (secondary N) is 1. The lowest BCUT2D eigenvalue weighted by Crippen LogP contribution is -1.82. The first-order valence-corrected chi connectivity index (χ1v) is 4.69. The molecule has 0 atom stereocenters. The van der Waals surface area contributed by atoms with Crippen LogP contribution in [0.5, 0.6) is 0 Å². The van der Waals surface area contributed by atoms with Gasteiger partial charge in [-0.2, -0.15) is 5.10 Å². The van der Waals surface area contributed by atoms with Gasteiger partial charge in [0.1, 0.15) is 5.82 Å². The minimum absolute atomic E-state index is 0.688. The number of aromatic nitrogens is 3. The highest BCUT2D eigenvalue weighted by Crippen LogP contribution is 2.21. The van der Waals surface area contributed by atoms with Crippen molar-refractivity contribution in [2.24, 2.45) is 0 Å². The van der Waals surface area contributed by atoms with Crippen molar-refractivity contribution in [1.82, 2.24) is 15.2 Å². The smallest absolute Gasteiger partial charge is 0.181 e. The third kappa shape index (κ3) is 1.77. The SMILES string of the molecule is Cc1cc(Cl)cc(-c2n[nH]c(C)n2)c1. The predicted octanol–water partition coefficient (Wildman–Crippen LogP) is 2.74. The van der Waals surface area contributed by atoms with Gasteiger partial charge in [0.25, 0.3) is 0 Å². The number of H-pyrrole nitrogens is 1. The molecule has 1 aromatic carbocycles. The molecule has 0 aliphatic carbocycles. The third-order valence-electron chi connectivity index (χ3n) is 1.90. The van der Waals surface area contributed by atoms with Crippen LogP contribution < -0.4 is 0 Å². The average molecular weight is 208 g/mol. The van der Waals surface area contributed by atoms with Crippen molar-refractivity contribution in [2.75, 3.05) is 0 Å². The number of aryl methyl sites for hydroxylation is 2. The summed E-state index contributed by atoms with van der Waals surface area (Å²) in [6.07, 6.45) is 0. The van der Waals surface area contributed by atoms with Crippen LogP contribution in [0.15, 0.2) is 18.2 Å². The van der Waals surface area contributed by atoms with Crippen LogP contribution in [-0.2, 0) is 0 Å². The van der Waals surface area contributed by atoms with Gasteiger partial charge in [0.15, 0.2) is 5.82 Å². The Morgan fingerprint density at radius 2 is 2.00 bits per heavy atom. The Labute approximate surface area is 87.1 Å². The zero-order valence-corrected chi connectivity index (χ0v) is 8.76. The van der Waals surface area contributed by atoms with Crippen LogP contribution in [0.4, 0.5) is 0 Å². The van der Waals surface area contributed by atoms with Gasteiger partial charge in [-0.05, 0) is 37.6 Å². The second-order valence-electron chi connectivity index (χ2n) is 3.26. The van der Waals surface area contributed by atoms with Crippen molar-refractivity contribution >= 4 is 11.6 Å². The van der Waals surface area contributed by atoms with Gasteiger partial charge in [-0.15, -0.1) is 0 Å². The molecule has 0 aliphatic rings. The fraction of sp³-hybridized carbons (Fsp3) is 0.200. The third-order valence-corrected chi connectivity index (χ3v) is 2.12. The van der Waals surface area contributed by atoms with E-state index >= 15 is 0 Å². The van der Waals surface area contributed by atoms with Crippen LogP contribution in [0.2, 0.25) is 5.02 Å². The quantitative estimate of drug-likeness (QED) is 0.781. The van der Waals surface area contributed by atoms with E-state index in [1.165, 1.54) is 0 Å². The molecule has 0 radical (unpaired) electrons. The Hall–Kier alpha value is -1.35. The van der Waals surface area contributed by atoms with Gasteiger partial charge in [0, 0.05) is 10.6 Å². The summed E-state index contributed by atoms with van der Waals surface area (Å²) >= 11 is 5.94. The minimum atomic E-state index is 0.688. The topological polar surface area (TPSA) is 41.6 Å². The van der Waals surface area contributed by atoms with Gasteiger partial charge >= 0.3 is 0 Å². The Bertz CT molecular complexity index is 442. The van der Waals surface area contributed by atoms with Gasteiger partial charge in [-0.3, -0.25) is 5.10 Å². The molecule has 0 amide bonds. The van der Waals surface area contributed by atoms with Crippen LogP contribution in [-0.4, -0.2) is 15.2 Å². The molecule has 0 saturated heterocycles. The van der Waals surface area contributed by atoms with Crippen LogP contribution in [0.1, 0.15) is 11.4 Å². The second kappa shape index (κ2) is 3.42. The number of nitrogens with zero attached hydrogens (tertiary/aromatic N) is 2. The number of benzene rings is 1. The number of halogens is 1. The van der Waals surface area contributed by atoms with E-state index in [4.69, 9.17) is 11.6 Å². The molecule has 3 nitrogen and oxygen atoms in total. The molecule has 1 aromatic heterocycles. The van der Waals surface area contributed by atoms with E-state index in [9.17, 15) is 0 Å². The minimum Gasteiger partial charge on any atom is -0.263 e. The monoisotopic (exact) mass is 207 g/mol. The number of aromatic amines is 1. The highest BCUT2D eigenvalue weighted by Gasteiger charge is 2.04. The Balaban J connectivity index is 2.51. The molecule has 1 heterocycles. The highest BCUT2D eigenvalue weighted by atomic mass is 35.5. The van der Waals surface area contributed by atoms with Gasteiger partial charge in [-0.1, -0.05) is 11.6 Å². The molecule has 0 spiro atoms. The first-order chi connectivity index (χ1) is 6.65. The Morgan fingerprint density at radius 1 is 1.21 bits per heavy atom. The van der Waals surface area contributed by atoms with Crippen molar-refractivity contribution in [3.05, 3.63) is 34.6 Å². The summed E-state index contributed by atoms with van der Waals surface area (Å²) in [5.41, 5.74) is 2.05. The standard InChI is InChI=1S/C10H10ClN3/c1-6-3-8(5-9(11)4-6)10-12-7(2)13-14-10/h3-5H,1-2H3,(H,12,13,14). The molecular weight excluding hydrogens is 198 g/mol. The molecule has 0 fully saturated rings. The number of hydrogen-bond donors (Lipinski definition) is 1. The molecule has 0 aliphatic heterocycles. The molecule has 0 saturated carbocycles. The fourth-order valence-electron chi connectivity index (χ4n) is 1.34.